The number of carbonyl (C=O) groups excluding carboxylic acids is 2. The molecular formula is C34H37ClFN7O4. The van der Waals surface area contributed by atoms with Crippen LogP contribution < -0.4 is 25.4 Å². The van der Waals surface area contributed by atoms with Gasteiger partial charge in [-0.25, -0.2) is 14.4 Å². The van der Waals surface area contributed by atoms with E-state index >= 15 is 0 Å². The van der Waals surface area contributed by atoms with Crippen LogP contribution in [0.1, 0.15) is 24.8 Å². The van der Waals surface area contributed by atoms with Gasteiger partial charge in [0.05, 0.1) is 24.3 Å². The van der Waals surface area contributed by atoms with Crippen LogP contribution in [0.15, 0.2) is 60.9 Å². The number of rotatable bonds is 12. The Hall–Kier alpha value is -4.52. The molecule has 2 amide bonds. The summed E-state index contributed by atoms with van der Waals surface area (Å²) in [5.41, 5.74) is 3.34. The van der Waals surface area contributed by atoms with Gasteiger partial charge < -0.3 is 25.0 Å². The van der Waals surface area contributed by atoms with Crippen molar-refractivity contribution < 1.29 is 23.5 Å². The molecule has 0 aliphatic carbocycles. The SMILES string of the molecule is COc1cc2ncnc(Nc3ccc(F)c(Cl)c3)c2cc1OCCCN1CCN(Cc2ccccc2NC2CCC(=O)NC2=O)CC1. The van der Waals surface area contributed by atoms with Gasteiger partial charge in [0.2, 0.25) is 11.8 Å². The van der Waals surface area contributed by atoms with Crippen molar-refractivity contribution in [2.24, 2.45) is 0 Å². The molecule has 246 valence electrons. The highest BCUT2D eigenvalue weighted by Gasteiger charge is 2.27. The second kappa shape index (κ2) is 14.9. The van der Waals surface area contributed by atoms with Gasteiger partial charge in [-0.1, -0.05) is 29.8 Å². The van der Waals surface area contributed by atoms with Crippen LogP contribution in [0.5, 0.6) is 11.5 Å². The molecule has 2 aliphatic heterocycles. The zero-order valence-corrected chi connectivity index (χ0v) is 26.9. The number of imide groups is 1. The van der Waals surface area contributed by atoms with Gasteiger partial charge in [-0.2, -0.15) is 0 Å². The van der Waals surface area contributed by atoms with Crippen LogP contribution in [0.3, 0.4) is 0 Å². The lowest BCUT2D eigenvalue weighted by atomic mass is 10.0. The number of carbonyl (C=O) groups is 2. The van der Waals surface area contributed by atoms with Crippen molar-refractivity contribution in [2.45, 2.75) is 31.8 Å². The maximum atomic E-state index is 13.6. The van der Waals surface area contributed by atoms with E-state index in [1.807, 2.05) is 30.3 Å². The monoisotopic (exact) mass is 661 g/mol. The van der Waals surface area contributed by atoms with Crippen LogP contribution in [0, 0.1) is 5.82 Å². The molecule has 2 saturated heterocycles. The van der Waals surface area contributed by atoms with Crippen LogP contribution in [-0.2, 0) is 16.1 Å². The van der Waals surface area contributed by atoms with Gasteiger partial charge in [-0.3, -0.25) is 19.8 Å². The third kappa shape index (κ3) is 8.07. The zero-order valence-electron chi connectivity index (χ0n) is 26.1. The number of amides is 2. The van der Waals surface area contributed by atoms with Crippen LogP contribution in [0.25, 0.3) is 10.9 Å². The quantitative estimate of drug-likeness (QED) is 0.142. The third-order valence-electron chi connectivity index (χ3n) is 8.42. The molecule has 6 rings (SSSR count). The first-order valence-electron chi connectivity index (χ1n) is 15.7. The number of benzene rings is 3. The van der Waals surface area contributed by atoms with Crippen molar-refractivity contribution in [2.75, 3.05) is 57.1 Å². The van der Waals surface area contributed by atoms with Gasteiger partial charge in [0, 0.05) is 68.5 Å². The van der Waals surface area contributed by atoms with Crippen molar-refractivity contribution in [1.29, 1.82) is 0 Å². The van der Waals surface area contributed by atoms with Gasteiger partial charge in [-0.15, -0.1) is 0 Å². The average molecular weight is 662 g/mol. The Kier molecular flexibility index (Phi) is 10.3. The normalized spacial score (nSPS) is 17.4. The molecule has 47 heavy (non-hydrogen) atoms. The lowest BCUT2D eigenvalue weighted by Crippen LogP contribution is -2.48. The number of methoxy groups -OCH3 is 1. The smallest absolute Gasteiger partial charge is 0.249 e. The first-order valence-corrected chi connectivity index (χ1v) is 16.0. The Labute approximate surface area is 277 Å². The maximum Gasteiger partial charge on any atom is 0.249 e. The number of para-hydroxylation sites is 1. The summed E-state index contributed by atoms with van der Waals surface area (Å²) in [6.07, 6.45) is 3.13. The van der Waals surface area contributed by atoms with Crippen LogP contribution >= 0.6 is 11.6 Å². The first-order chi connectivity index (χ1) is 22.9. The number of piperidine rings is 1. The standard InChI is InChI=1S/C34H37ClFN7O4/c1-46-30-19-29-24(33(38-21-37-29)39-23-7-8-26(36)25(35)17-23)18-31(30)47-16-4-11-42-12-14-43(15-13-42)20-22-5-2-3-6-27(22)40-28-9-10-32(44)41-34(28)45/h2-3,5-8,17-19,21,28,40H,4,9-16,20H2,1H3,(H,37,38,39)(H,41,44,45). The van der Waals surface area contributed by atoms with Gasteiger partial charge in [0.1, 0.15) is 24.0 Å². The van der Waals surface area contributed by atoms with Gasteiger partial charge in [0.15, 0.2) is 11.5 Å². The maximum absolute atomic E-state index is 13.6. The predicted octanol–water partition coefficient (Wildman–Crippen LogP) is 4.98. The Morgan fingerprint density at radius 3 is 2.62 bits per heavy atom. The van der Waals surface area contributed by atoms with E-state index in [4.69, 9.17) is 21.1 Å². The van der Waals surface area contributed by atoms with E-state index in [-0.39, 0.29) is 16.8 Å². The minimum absolute atomic E-state index is 0.0186. The molecule has 2 aliphatic rings. The Balaban J connectivity index is 0.997. The average Bonchev–Trinajstić information content (AvgIpc) is 3.07. The molecule has 13 heteroatoms. The highest BCUT2D eigenvalue weighted by atomic mass is 35.5. The minimum Gasteiger partial charge on any atom is -0.493 e. The summed E-state index contributed by atoms with van der Waals surface area (Å²) in [6, 6.07) is 15.7. The summed E-state index contributed by atoms with van der Waals surface area (Å²) in [5.74, 6) is 0.729. The van der Waals surface area contributed by atoms with E-state index < -0.39 is 11.9 Å². The van der Waals surface area contributed by atoms with E-state index in [2.05, 4.69) is 41.8 Å². The summed E-state index contributed by atoms with van der Waals surface area (Å²) in [7, 11) is 1.59. The molecule has 0 saturated carbocycles. The summed E-state index contributed by atoms with van der Waals surface area (Å²) in [6.45, 7) is 5.94. The largest absolute Gasteiger partial charge is 0.493 e. The number of fused-ring (bicyclic) bond motifs is 1. The zero-order chi connectivity index (χ0) is 32.8. The number of hydrogen-bond acceptors (Lipinski definition) is 10. The van der Waals surface area contributed by atoms with Crippen molar-refractivity contribution >= 4 is 51.5 Å². The minimum atomic E-state index is -0.491. The number of nitrogens with zero attached hydrogens (tertiary/aromatic N) is 4. The third-order valence-corrected chi connectivity index (χ3v) is 8.71. The topological polar surface area (TPSA) is 121 Å². The van der Waals surface area contributed by atoms with Crippen molar-refractivity contribution in [1.82, 2.24) is 25.1 Å². The van der Waals surface area contributed by atoms with Crippen LogP contribution in [-0.4, -0.2) is 84.1 Å². The number of halogens is 2. The summed E-state index contributed by atoms with van der Waals surface area (Å²) in [5, 5.41) is 9.71. The highest BCUT2D eigenvalue weighted by Crippen LogP contribution is 2.35. The van der Waals surface area contributed by atoms with Gasteiger partial charge in [0.25, 0.3) is 0 Å². The number of hydrogen-bond donors (Lipinski definition) is 3. The molecule has 3 N–H and O–H groups in total. The molecule has 2 fully saturated rings. The lowest BCUT2D eigenvalue weighted by Gasteiger charge is -2.35. The number of nitrogens with one attached hydrogen (secondary N) is 3. The molecular weight excluding hydrogens is 625 g/mol. The van der Waals surface area contributed by atoms with E-state index in [0.29, 0.717) is 48.0 Å². The lowest BCUT2D eigenvalue weighted by molar-refractivity contribution is -0.133. The fourth-order valence-corrected chi connectivity index (χ4v) is 6.03. The molecule has 0 spiro atoms. The summed E-state index contributed by atoms with van der Waals surface area (Å²) in [4.78, 5) is 37.4. The molecule has 4 aromatic rings. The Morgan fingerprint density at radius 2 is 1.83 bits per heavy atom. The second-order valence-corrected chi connectivity index (χ2v) is 12.0. The predicted molar refractivity (Wildman–Crippen MR) is 179 cm³/mol. The van der Waals surface area contributed by atoms with Crippen LogP contribution in [0.4, 0.5) is 21.6 Å². The van der Waals surface area contributed by atoms with E-state index in [9.17, 15) is 14.0 Å². The Morgan fingerprint density at radius 1 is 1.02 bits per heavy atom. The molecule has 1 unspecified atom stereocenters. The highest BCUT2D eigenvalue weighted by molar-refractivity contribution is 6.31. The molecule has 0 radical (unpaired) electrons. The van der Waals surface area contributed by atoms with Gasteiger partial charge in [-0.05, 0) is 48.7 Å². The number of aromatic nitrogens is 2. The van der Waals surface area contributed by atoms with E-state index in [1.165, 1.54) is 18.5 Å². The summed E-state index contributed by atoms with van der Waals surface area (Å²) >= 11 is 5.96. The van der Waals surface area contributed by atoms with Gasteiger partial charge >= 0.3 is 0 Å². The molecule has 1 aromatic heterocycles. The molecule has 1 atom stereocenters. The number of anilines is 3. The number of ether oxygens (including phenoxy) is 2. The number of piperazine rings is 1. The fraction of sp³-hybridized carbons (Fsp3) is 0.353. The molecule has 0 bridgehead atoms. The van der Waals surface area contributed by atoms with Crippen molar-refractivity contribution in [3.8, 4) is 11.5 Å². The molecule has 11 nitrogen and oxygen atoms in total. The van der Waals surface area contributed by atoms with Crippen molar-refractivity contribution in [3.05, 3.63) is 77.3 Å². The van der Waals surface area contributed by atoms with Crippen molar-refractivity contribution in [3.63, 3.8) is 0 Å². The molecule has 3 heterocycles. The molecule has 3 aromatic carbocycles. The summed E-state index contributed by atoms with van der Waals surface area (Å²) < 4.78 is 25.4. The van der Waals surface area contributed by atoms with E-state index in [1.54, 1.807) is 13.2 Å². The van der Waals surface area contributed by atoms with E-state index in [0.717, 1.165) is 62.3 Å². The Bertz CT molecular complexity index is 1750. The second-order valence-electron chi connectivity index (χ2n) is 11.6. The first kappa shape index (κ1) is 32.4. The van der Waals surface area contributed by atoms with Crippen LogP contribution in [0.2, 0.25) is 5.02 Å². The fourth-order valence-electron chi connectivity index (χ4n) is 5.85.